The van der Waals surface area contributed by atoms with Crippen molar-refractivity contribution in [3.05, 3.63) is 30.4 Å². The first-order chi connectivity index (χ1) is 11.1. The molecule has 1 aliphatic rings. The largest absolute Gasteiger partial charge is 0.465 e. The third-order valence-electron chi connectivity index (χ3n) is 4.15. The Labute approximate surface area is 133 Å². The van der Waals surface area contributed by atoms with Crippen molar-refractivity contribution < 1.29 is 14.4 Å². The van der Waals surface area contributed by atoms with Crippen LogP contribution < -0.4 is 0 Å². The average Bonchev–Trinajstić information content (AvgIpc) is 3.04. The van der Waals surface area contributed by atoms with E-state index in [4.69, 9.17) is 9.63 Å². The summed E-state index contributed by atoms with van der Waals surface area (Å²) in [5.74, 6) is 1.11. The van der Waals surface area contributed by atoms with E-state index in [0.29, 0.717) is 37.4 Å². The first kappa shape index (κ1) is 15.4. The van der Waals surface area contributed by atoms with Crippen LogP contribution >= 0.6 is 0 Å². The van der Waals surface area contributed by atoms with Gasteiger partial charge in [-0.05, 0) is 32.0 Å². The summed E-state index contributed by atoms with van der Waals surface area (Å²) in [4.78, 5) is 22.9. The molecule has 3 heterocycles. The smallest absolute Gasteiger partial charge is 0.407 e. The second-order valence-corrected chi connectivity index (χ2v) is 5.66. The lowest BCUT2D eigenvalue weighted by Gasteiger charge is -2.34. The predicted molar refractivity (Wildman–Crippen MR) is 81.6 cm³/mol. The van der Waals surface area contributed by atoms with Crippen molar-refractivity contribution in [1.29, 1.82) is 0 Å². The minimum Gasteiger partial charge on any atom is -0.465 e. The van der Waals surface area contributed by atoms with Crippen molar-refractivity contribution >= 4 is 6.09 Å². The number of nitrogens with zero attached hydrogens (tertiary/aromatic N) is 5. The topological polar surface area (TPSA) is 95.6 Å². The molecule has 0 spiro atoms. The third-order valence-corrected chi connectivity index (χ3v) is 4.15. The van der Waals surface area contributed by atoms with Crippen molar-refractivity contribution in [2.24, 2.45) is 0 Å². The lowest BCUT2D eigenvalue weighted by atomic mass is 10.0. The molecule has 1 aliphatic heterocycles. The molecule has 0 aliphatic carbocycles. The molecule has 1 saturated heterocycles. The molecule has 1 fully saturated rings. The number of hydrogen-bond donors (Lipinski definition) is 1. The van der Waals surface area contributed by atoms with E-state index < -0.39 is 6.09 Å². The zero-order chi connectivity index (χ0) is 16.2. The number of piperidine rings is 1. The van der Waals surface area contributed by atoms with Crippen LogP contribution in [0.4, 0.5) is 4.79 Å². The molecule has 0 unspecified atom stereocenters. The SMILES string of the molecule is CN(Cc1nc(-c2ccncc2)no1)C1CCN(C(=O)O)CC1. The highest BCUT2D eigenvalue weighted by molar-refractivity contribution is 5.65. The van der Waals surface area contributed by atoms with E-state index >= 15 is 0 Å². The van der Waals surface area contributed by atoms with Crippen LogP contribution in [-0.4, -0.2) is 62.3 Å². The van der Waals surface area contributed by atoms with Gasteiger partial charge in [-0.25, -0.2) is 4.79 Å². The van der Waals surface area contributed by atoms with E-state index in [1.807, 2.05) is 19.2 Å². The molecule has 0 saturated carbocycles. The minimum atomic E-state index is -0.843. The Bertz CT molecular complexity index is 652. The van der Waals surface area contributed by atoms with Crippen molar-refractivity contribution in [3.63, 3.8) is 0 Å². The van der Waals surface area contributed by atoms with Gasteiger partial charge >= 0.3 is 6.09 Å². The molecule has 2 aromatic heterocycles. The van der Waals surface area contributed by atoms with Crippen LogP contribution in [0.2, 0.25) is 0 Å². The molecular weight excluding hydrogens is 298 g/mol. The Morgan fingerprint density at radius 3 is 2.74 bits per heavy atom. The summed E-state index contributed by atoms with van der Waals surface area (Å²) in [6.45, 7) is 1.68. The summed E-state index contributed by atoms with van der Waals surface area (Å²) in [6, 6.07) is 3.99. The maximum absolute atomic E-state index is 10.9. The van der Waals surface area contributed by atoms with E-state index in [1.165, 1.54) is 4.90 Å². The second-order valence-electron chi connectivity index (χ2n) is 5.66. The summed E-state index contributed by atoms with van der Waals surface area (Å²) < 4.78 is 5.31. The van der Waals surface area contributed by atoms with Crippen LogP contribution in [0, 0.1) is 0 Å². The normalized spacial score (nSPS) is 16.0. The van der Waals surface area contributed by atoms with E-state index in [9.17, 15) is 4.79 Å². The number of amides is 1. The lowest BCUT2D eigenvalue weighted by Crippen LogP contribution is -2.44. The quantitative estimate of drug-likeness (QED) is 0.917. The van der Waals surface area contributed by atoms with Gasteiger partial charge in [0.2, 0.25) is 11.7 Å². The van der Waals surface area contributed by atoms with Crippen molar-refractivity contribution in [2.75, 3.05) is 20.1 Å². The van der Waals surface area contributed by atoms with Gasteiger partial charge in [-0.1, -0.05) is 5.16 Å². The summed E-state index contributed by atoms with van der Waals surface area (Å²) in [5.41, 5.74) is 0.868. The van der Waals surface area contributed by atoms with Crippen LogP contribution in [-0.2, 0) is 6.54 Å². The highest BCUT2D eigenvalue weighted by Gasteiger charge is 2.25. The van der Waals surface area contributed by atoms with Gasteiger partial charge in [-0.2, -0.15) is 4.98 Å². The Balaban J connectivity index is 1.58. The van der Waals surface area contributed by atoms with Crippen molar-refractivity contribution in [3.8, 4) is 11.4 Å². The van der Waals surface area contributed by atoms with Gasteiger partial charge in [-0.15, -0.1) is 0 Å². The monoisotopic (exact) mass is 317 g/mol. The van der Waals surface area contributed by atoms with Crippen LogP contribution in [0.3, 0.4) is 0 Å². The molecule has 1 N–H and O–H groups in total. The molecule has 0 radical (unpaired) electrons. The molecule has 122 valence electrons. The molecule has 0 bridgehead atoms. The highest BCUT2D eigenvalue weighted by atomic mass is 16.5. The number of rotatable bonds is 4. The zero-order valence-corrected chi connectivity index (χ0v) is 12.9. The van der Waals surface area contributed by atoms with Gasteiger partial charge in [0.25, 0.3) is 0 Å². The third kappa shape index (κ3) is 3.65. The molecule has 1 amide bonds. The summed E-state index contributed by atoms with van der Waals surface area (Å²) in [6.07, 6.45) is 4.16. The van der Waals surface area contributed by atoms with E-state index in [2.05, 4.69) is 20.0 Å². The van der Waals surface area contributed by atoms with Crippen LogP contribution in [0.25, 0.3) is 11.4 Å². The fourth-order valence-corrected chi connectivity index (χ4v) is 2.78. The molecule has 8 heteroatoms. The number of carboxylic acid groups (broad SMARTS) is 1. The maximum Gasteiger partial charge on any atom is 0.407 e. The number of aromatic nitrogens is 3. The number of likely N-dealkylation sites (tertiary alicyclic amines) is 1. The van der Waals surface area contributed by atoms with Crippen LogP contribution in [0.15, 0.2) is 29.0 Å². The number of pyridine rings is 1. The fraction of sp³-hybridized carbons (Fsp3) is 0.467. The van der Waals surface area contributed by atoms with Gasteiger partial charge in [0, 0.05) is 37.1 Å². The van der Waals surface area contributed by atoms with Gasteiger partial charge < -0.3 is 14.5 Å². The fourth-order valence-electron chi connectivity index (χ4n) is 2.78. The second kappa shape index (κ2) is 6.74. The maximum atomic E-state index is 10.9. The van der Waals surface area contributed by atoms with Crippen LogP contribution in [0.5, 0.6) is 0 Å². The van der Waals surface area contributed by atoms with Crippen LogP contribution in [0.1, 0.15) is 18.7 Å². The van der Waals surface area contributed by atoms with Crippen molar-refractivity contribution in [1.82, 2.24) is 24.9 Å². The Morgan fingerprint density at radius 1 is 1.39 bits per heavy atom. The lowest BCUT2D eigenvalue weighted by molar-refractivity contribution is 0.0986. The highest BCUT2D eigenvalue weighted by Crippen LogP contribution is 2.19. The summed E-state index contributed by atoms with van der Waals surface area (Å²) >= 11 is 0. The van der Waals surface area contributed by atoms with Gasteiger partial charge in [-0.3, -0.25) is 9.88 Å². The molecular formula is C15H19N5O3. The molecule has 8 nitrogen and oxygen atoms in total. The molecule has 0 aromatic carbocycles. The molecule has 0 atom stereocenters. The Morgan fingerprint density at radius 2 is 2.09 bits per heavy atom. The summed E-state index contributed by atoms with van der Waals surface area (Å²) in [5, 5.41) is 13.0. The zero-order valence-electron chi connectivity index (χ0n) is 12.9. The first-order valence-corrected chi connectivity index (χ1v) is 7.54. The predicted octanol–water partition coefficient (Wildman–Crippen LogP) is 1.71. The minimum absolute atomic E-state index is 0.321. The standard InChI is InChI=1S/C15H19N5O3/c1-19(12-4-8-20(9-5-12)15(21)22)10-13-17-14(18-23-13)11-2-6-16-7-3-11/h2-3,6-7,12H,4-5,8-10H2,1H3,(H,21,22). The first-order valence-electron chi connectivity index (χ1n) is 7.54. The number of hydrogen-bond acceptors (Lipinski definition) is 6. The Hall–Kier alpha value is -2.48. The molecule has 23 heavy (non-hydrogen) atoms. The molecule has 2 aromatic rings. The number of carbonyl (C=O) groups is 1. The van der Waals surface area contributed by atoms with E-state index in [0.717, 1.165) is 18.4 Å². The van der Waals surface area contributed by atoms with E-state index in [-0.39, 0.29) is 0 Å². The van der Waals surface area contributed by atoms with Crippen molar-refractivity contribution in [2.45, 2.75) is 25.4 Å². The average molecular weight is 317 g/mol. The molecule has 3 rings (SSSR count). The summed E-state index contributed by atoms with van der Waals surface area (Å²) in [7, 11) is 2.00. The van der Waals surface area contributed by atoms with Gasteiger partial charge in [0.05, 0.1) is 6.54 Å². The van der Waals surface area contributed by atoms with E-state index in [1.54, 1.807) is 12.4 Å². The van der Waals surface area contributed by atoms with Gasteiger partial charge in [0.1, 0.15) is 0 Å². The Kier molecular flexibility index (Phi) is 4.52. The van der Waals surface area contributed by atoms with Gasteiger partial charge in [0.15, 0.2) is 0 Å².